The summed E-state index contributed by atoms with van der Waals surface area (Å²) in [5.74, 6) is 0.637. The van der Waals surface area contributed by atoms with Crippen molar-refractivity contribution >= 4 is 46.6 Å². The molecule has 3 aromatic rings. The van der Waals surface area contributed by atoms with Gasteiger partial charge in [-0.15, -0.1) is 10.2 Å². The van der Waals surface area contributed by atoms with E-state index in [2.05, 4.69) is 15.5 Å². The maximum absolute atomic E-state index is 12.9. The number of anilines is 1. The molecule has 146 valence electrons. The zero-order chi connectivity index (χ0) is 20.1. The largest absolute Gasteiger partial charge is 0.486 e. The molecule has 28 heavy (non-hydrogen) atoms. The zero-order valence-electron chi connectivity index (χ0n) is 14.7. The van der Waals surface area contributed by atoms with E-state index in [1.54, 1.807) is 29.8 Å². The molecule has 0 saturated carbocycles. The van der Waals surface area contributed by atoms with Crippen molar-refractivity contribution in [2.24, 2.45) is 7.05 Å². The number of rotatable bonds is 7. The first-order valence-corrected chi connectivity index (χ1v) is 9.81. The van der Waals surface area contributed by atoms with E-state index in [0.29, 0.717) is 32.5 Å². The molecule has 0 bridgehead atoms. The number of amides is 1. The maximum atomic E-state index is 12.9. The van der Waals surface area contributed by atoms with Gasteiger partial charge in [0.1, 0.15) is 18.2 Å². The van der Waals surface area contributed by atoms with Crippen molar-refractivity contribution in [3.05, 3.63) is 64.2 Å². The van der Waals surface area contributed by atoms with Gasteiger partial charge in [0.15, 0.2) is 11.0 Å². The van der Waals surface area contributed by atoms with Crippen LogP contribution >= 0.6 is 35.0 Å². The fourth-order valence-corrected chi connectivity index (χ4v) is 3.25. The molecule has 6 nitrogen and oxygen atoms in total. The predicted octanol–water partition coefficient (Wildman–Crippen LogP) is 4.57. The van der Waals surface area contributed by atoms with Gasteiger partial charge in [0.2, 0.25) is 5.91 Å². The Hall–Kier alpha value is -2.29. The second-order valence-electron chi connectivity index (χ2n) is 5.66. The molecular weight excluding hydrogens is 426 g/mol. The lowest BCUT2D eigenvalue weighted by molar-refractivity contribution is -0.113. The van der Waals surface area contributed by atoms with Crippen molar-refractivity contribution in [1.82, 2.24) is 14.8 Å². The summed E-state index contributed by atoms with van der Waals surface area (Å²) in [5.41, 5.74) is 0.450. The van der Waals surface area contributed by atoms with E-state index in [1.165, 1.54) is 36.0 Å². The van der Waals surface area contributed by atoms with E-state index in [0.717, 1.165) is 0 Å². The summed E-state index contributed by atoms with van der Waals surface area (Å²) in [6.45, 7) is 0.167. The highest BCUT2D eigenvalue weighted by atomic mass is 35.5. The third-order valence-corrected chi connectivity index (χ3v) is 5.23. The molecule has 10 heteroatoms. The van der Waals surface area contributed by atoms with Gasteiger partial charge >= 0.3 is 0 Å². The van der Waals surface area contributed by atoms with Crippen LogP contribution < -0.4 is 10.1 Å². The summed E-state index contributed by atoms with van der Waals surface area (Å²) in [6, 6.07) is 10.5. The number of aromatic nitrogens is 3. The van der Waals surface area contributed by atoms with Crippen LogP contribution in [0.4, 0.5) is 10.1 Å². The van der Waals surface area contributed by atoms with Gasteiger partial charge in [-0.2, -0.15) is 0 Å². The highest BCUT2D eigenvalue weighted by Gasteiger charge is 2.13. The van der Waals surface area contributed by atoms with Gasteiger partial charge in [-0.05, 0) is 42.5 Å². The first kappa shape index (κ1) is 20.4. The van der Waals surface area contributed by atoms with Crippen LogP contribution in [0.3, 0.4) is 0 Å². The highest BCUT2D eigenvalue weighted by molar-refractivity contribution is 7.99. The van der Waals surface area contributed by atoms with Crippen molar-refractivity contribution in [2.45, 2.75) is 11.8 Å². The van der Waals surface area contributed by atoms with E-state index in [9.17, 15) is 9.18 Å². The van der Waals surface area contributed by atoms with Crippen molar-refractivity contribution < 1.29 is 13.9 Å². The highest BCUT2D eigenvalue weighted by Crippen LogP contribution is 2.26. The first-order valence-electron chi connectivity index (χ1n) is 8.06. The number of carbonyl (C=O) groups is 1. The van der Waals surface area contributed by atoms with Crippen molar-refractivity contribution in [1.29, 1.82) is 0 Å². The Morgan fingerprint density at radius 3 is 2.71 bits per heavy atom. The van der Waals surface area contributed by atoms with E-state index < -0.39 is 0 Å². The number of carbonyl (C=O) groups excluding carboxylic acids is 1. The number of nitrogens with one attached hydrogen (secondary N) is 1. The molecule has 1 N–H and O–H groups in total. The first-order chi connectivity index (χ1) is 13.4. The molecule has 0 saturated heterocycles. The molecule has 0 radical (unpaired) electrons. The van der Waals surface area contributed by atoms with Crippen molar-refractivity contribution in [3.8, 4) is 5.75 Å². The molecule has 0 aliphatic rings. The van der Waals surface area contributed by atoms with Gasteiger partial charge in [-0.25, -0.2) is 4.39 Å². The molecule has 0 fully saturated rings. The minimum Gasteiger partial charge on any atom is -0.486 e. The Morgan fingerprint density at radius 1 is 1.21 bits per heavy atom. The Balaban J connectivity index is 1.54. The summed E-state index contributed by atoms with van der Waals surface area (Å²) in [5, 5.41) is 12.3. The number of nitrogens with zero attached hydrogens (tertiary/aromatic N) is 3. The Bertz CT molecular complexity index is 982. The lowest BCUT2D eigenvalue weighted by Gasteiger charge is -2.08. The lowest BCUT2D eigenvalue weighted by Crippen LogP contribution is -2.15. The molecular formula is C18H15Cl2FN4O2S. The predicted molar refractivity (Wildman–Crippen MR) is 108 cm³/mol. The van der Waals surface area contributed by atoms with Gasteiger partial charge in [-0.1, -0.05) is 35.0 Å². The molecule has 0 aliphatic heterocycles. The average Bonchev–Trinajstić information content (AvgIpc) is 3.02. The van der Waals surface area contributed by atoms with Gasteiger partial charge < -0.3 is 14.6 Å². The Morgan fingerprint density at radius 2 is 1.96 bits per heavy atom. The third kappa shape index (κ3) is 5.37. The molecule has 1 aromatic heterocycles. The zero-order valence-corrected chi connectivity index (χ0v) is 17.0. The molecule has 0 aliphatic carbocycles. The van der Waals surface area contributed by atoms with Gasteiger partial charge in [-0.3, -0.25) is 4.79 Å². The van der Waals surface area contributed by atoms with Crippen molar-refractivity contribution in [2.75, 3.05) is 11.1 Å². The topological polar surface area (TPSA) is 69.0 Å². The summed E-state index contributed by atoms with van der Waals surface area (Å²) in [6.07, 6.45) is 0. The second kappa shape index (κ2) is 9.27. The smallest absolute Gasteiger partial charge is 0.234 e. The van der Waals surface area contributed by atoms with E-state index in [1.807, 2.05) is 0 Å². The van der Waals surface area contributed by atoms with Gasteiger partial charge in [0.05, 0.1) is 16.5 Å². The van der Waals surface area contributed by atoms with Crippen LogP contribution in [0.15, 0.2) is 47.6 Å². The monoisotopic (exact) mass is 440 g/mol. The summed E-state index contributed by atoms with van der Waals surface area (Å²) >= 11 is 13.2. The molecule has 0 spiro atoms. The van der Waals surface area contributed by atoms with E-state index in [-0.39, 0.29) is 24.1 Å². The number of thioether (sulfide) groups is 1. The van der Waals surface area contributed by atoms with Gasteiger partial charge in [0, 0.05) is 12.1 Å². The Labute approximate surface area is 175 Å². The van der Waals surface area contributed by atoms with Crippen LogP contribution in [-0.4, -0.2) is 26.4 Å². The van der Waals surface area contributed by atoms with E-state index in [4.69, 9.17) is 27.9 Å². The van der Waals surface area contributed by atoms with Crippen LogP contribution in [-0.2, 0) is 18.4 Å². The number of ether oxygens (including phenoxy) is 1. The number of hydrogen-bond acceptors (Lipinski definition) is 5. The van der Waals surface area contributed by atoms with E-state index >= 15 is 0 Å². The van der Waals surface area contributed by atoms with Crippen LogP contribution in [0.25, 0.3) is 0 Å². The SMILES string of the molecule is Cn1c(COc2ccc(F)cc2)nnc1SCC(=O)Nc1cc(Cl)ccc1Cl. The second-order valence-corrected chi connectivity index (χ2v) is 7.45. The van der Waals surface area contributed by atoms with Gasteiger partial charge in [0.25, 0.3) is 0 Å². The van der Waals surface area contributed by atoms with Crippen LogP contribution in [0.1, 0.15) is 5.82 Å². The minimum absolute atomic E-state index is 0.119. The average molecular weight is 441 g/mol. The molecule has 0 unspecified atom stereocenters. The van der Waals surface area contributed by atoms with Crippen LogP contribution in [0.2, 0.25) is 10.0 Å². The molecule has 0 atom stereocenters. The number of halogens is 3. The fraction of sp³-hybridized carbons (Fsp3) is 0.167. The molecule has 3 rings (SSSR count). The molecule has 1 amide bonds. The molecule has 1 heterocycles. The summed E-state index contributed by atoms with van der Waals surface area (Å²) in [7, 11) is 1.78. The number of benzene rings is 2. The van der Waals surface area contributed by atoms with Crippen LogP contribution in [0, 0.1) is 5.82 Å². The number of hydrogen-bond donors (Lipinski definition) is 1. The fourth-order valence-electron chi connectivity index (χ4n) is 2.18. The lowest BCUT2D eigenvalue weighted by atomic mass is 10.3. The minimum atomic E-state index is -0.331. The summed E-state index contributed by atoms with van der Waals surface area (Å²) in [4.78, 5) is 12.2. The Kier molecular flexibility index (Phi) is 6.77. The summed E-state index contributed by atoms with van der Waals surface area (Å²) < 4.78 is 20.2. The normalized spacial score (nSPS) is 10.7. The quantitative estimate of drug-likeness (QED) is 0.544. The van der Waals surface area contributed by atoms with Crippen LogP contribution in [0.5, 0.6) is 5.75 Å². The molecule has 2 aromatic carbocycles. The van der Waals surface area contributed by atoms with Crippen molar-refractivity contribution in [3.63, 3.8) is 0 Å². The standard InChI is InChI=1S/C18H15Cl2FN4O2S/c1-25-16(9-27-13-5-3-12(21)4-6-13)23-24-18(25)28-10-17(26)22-15-8-11(19)2-7-14(15)20/h2-8H,9-10H2,1H3,(H,22,26). The maximum Gasteiger partial charge on any atom is 0.234 e. The third-order valence-electron chi connectivity index (χ3n) is 3.64.